The quantitative estimate of drug-likeness (QED) is 0.214. The number of aromatic nitrogens is 1. The predicted molar refractivity (Wildman–Crippen MR) is 139 cm³/mol. The molecule has 2 nitrogen and oxygen atoms in total. The first-order chi connectivity index (χ1) is 15.9. The molecule has 0 spiro atoms. The molecule has 0 N–H and O–H groups in total. The van der Waals surface area contributed by atoms with Gasteiger partial charge in [0, 0.05) is 32.0 Å². The summed E-state index contributed by atoms with van der Waals surface area (Å²) in [5.74, 6) is 0. The summed E-state index contributed by atoms with van der Waals surface area (Å²) in [5.41, 5.74) is 14.6. The third-order valence-electron chi connectivity index (χ3n) is 6.69. The molecule has 4 aromatic rings. The largest absolute Gasteiger partial charge is 0.310 e. The van der Waals surface area contributed by atoms with Crippen LogP contribution in [-0.4, -0.2) is 4.98 Å². The van der Waals surface area contributed by atoms with E-state index in [1.807, 2.05) is 6.20 Å². The summed E-state index contributed by atoms with van der Waals surface area (Å²) >= 11 is 0. The number of hydrogen-bond acceptors (Lipinski definition) is 2. The minimum Gasteiger partial charge on any atom is -0.310 e. The molecule has 34 heavy (non-hydrogen) atoms. The van der Waals surface area contributed by atoms with Gasteiger partial charge in [-0.2, -0.15) is 0 Å². The second kappa shape index (κ2) is 9.70. The van der Waals surface area contributed by atoms with Gasteiger partial charge in [-0.15, -0.1) is 34.9 Å². The molecule has 3 heteroatoms. The number of fused-ring (bicyclic) bond motifs is 1. The molecular formula is C31H29IrN2-. The zero-order valence-electron chi connectivity index (χ0n) is 20.4. The van der Waals surface area contributed by atoms with Crippen LogP contribution in [0.2, 0.25) is 0 Å². The number of rotatable bonds is 4. The van der Waals surface area contributed by atoms with Gasteiger partial charge < -0.3 is 9.88 Å². The second-order valence-electron chi connectivity index (χ2n) is 9.09. The predicted octanol–water partition coefficient (Wildman–Crippen LogP) is 8.21. The van der Waals surface area contributed by atoms with Gasteiger partial charge in [0.1, 0.15) is 0 Å². The standard InChI is InChI=1S/C31H29N2.Ir/c1-20-12-13-25-18-26(14-15-28(20)25)29-19-27(16-17-32-29)33(30-21(2)8-6-9-22(30)3)31-23(4)10-7-11-24(31)5;/h6-12,15-19H,13H2,1-5H3;/q-1;. The van der Waals surface area contributed by atoms with Crippen LogP contribution < -0.4 is 4.90 Å². The van der Waals surface area contributed by atoms with Crippen LogP contribution in [0.25, 0.3) is 16.8 Å². The van der Waals surface area contributed by atoms with E-state index in [-0.39, 0.29) is 20.1 Å². The summed E-state index contributed by atoms with van der Waals surface area (Å²) in [4.78, 5) is 7.14. The Morgan fingerprint density at radius 1 is 0.794 bits per heavy atom. The molecule has 173 valence electrons. The number of anilines is 3. The van der Waals surface area contributed by atoms with Crippen LogP contribution in [0.5, 0.6) is 0 Å². The fraction of sp³-hybridized carbons (Fsp3) is 0.194. The minimum atomic E-state index is 0. The summed E-state index contributed by atoms with van der Waals surface area (Å²) < 4.78 is 0. The van der Waals surface area contributed by atoms with Gasteiger partial charge in [0.15, 0.2) is 0 Å². The molecule has 1 aliphatic carbocycles. The van der Waals surface area contributed by atoms with Crippen molar-refractivity contribution in [2.75, 3.05) is 4.90 Å². The van der Waals surface area contributed by atoms with Crippen molar-refractivity contribution < 1.29 is 20.1 Å². The second-order valence-corrected chi connectivity index (χ2v) is 9.09. The molecule has 0 atom stereocenters. The third kappa shape index (κ3) is 4.27. The maximum absolute atomic E-state index is 4.74. The summed E-state index contributed by atoms with van der Waals surface area (Å²) in [5, 5.41) is 0. The molecule has 0 fully saturated rings. The first-order valence-corrected chi connectivity index (χ1v) is 11.5. The van der Waals surface area contributed by atoms with Crippen molar-refractivity contribution in [3.63, 3.8) is 0 Å². The van der Waals surface area contributed by atoms with Crippen LogP contribution in [0.1, 0.15) is 40.3 Å². The van der Waals surface area contributed by atoms with Crippen molar-refractivity contribution >= 4 is 22.6 Å². The summed E-state index contributed by atoms with van der Waals surface area (Å²) in [6, 6.07) is 25.2. The Morgan fingerprint density at radius 3 is 1.97 bits per heavy atom. The van der Waals surface area contributed by atoms with E-state index in [2.05, 4.69) is 112 Å². The molecule has 1 heterocycles. The maximum atomic E-state index is 4.74. The summed E-state index contributed by atoms with van der Waals surface area (Å²) in [6.45, 7) is 10.9. The van der Waals surface area contributed by atoms with Crippen molar-refractivity contribution in [2.24, 2.45) is 0 Å². The normalized spacial score (nSPS) is 12.1. The number of pyridine rings is 1. The van der Waals surface area contributed by atoms with E-state index in [1.165, 1.54) is 50.3 Å². The van der Waals surface area contributed by atoms with E-state index >= 15 is 0 Å². The number of para-hydroxylation sites is 2. The monoisotopic (exact) mass is 622 g/mol. The fourth-order valence-corrected chi connectivity index (χ4v) is 4.99. The van der Waals surface area contributed by atoms with Crippen molar-refractivity contribution in [3.8, 4) is 11.3 Å². The SMILES string of the molecule is CC1=CCc2cc(-c3cc(N(c4c(C)cccc4C)c4c(C)cccc4C)ccn3)[c-]cc21.[Ir]. The fourth-order valence-electron chi connectivity index (χ4n) is 4.99. The Morgan fingerprint density at radius 2 is 1.38 bits per heavy atom. The van der Waals surface area contributed by atoms with Crippen LogP contribution in [-0.2, 0) is 26.5 Å². The summed E-state index contributed by atoms with van der Waals surface area (Å²) in [7, 11) is 0. The van der Waals surface area contributed by atoms with E-state index < -0.39 is 0 Å². The average Bonchev–Trinajstić information content (AvgIpc) is 3.18. The number of hydrogen-bond donors (Lipinski definition) is 0. The number of benzene rings is 3. The van der Waals surface area contributed by atoms with Gasteiger partial charge in [-0.1, -0.05) is 54.1 Å². The third-order valence-corrected chi connectivity index (χ3v) is 6.69. The summed E-state index contributed by atoms with van der Waals surface area (Å²) in [6.07, 6.45) is 5.19. The smallest absolute Gasteiger partial charge is 0.0519 e. The molecule has 0 aliphatic heterocycles. The van der Waals surface area contributed by atoms with Gasteiger partial charge in [-0.25, -0.2) is 0 Å². The maximum Gasteiger partial charge on any atom is 0.0519 e. The molecule has 1 aliphatic rings. The molecule has 1 aromatic heterocycles. The molecule has 5 rings (SSSR count). The van der Waals surface area contributed by atoms with Gasteiger partial charge in [-0.05, 0) is 75.1 Å². The first-order valence-electron chi connectivity index (χ1n) is 11.5. The van der Waals surface area contributed by atoms with Gasteiger partial charge in [0.25, 0.3) is 0 Å². The first kappa shape index (κ1) is 24.1. The van der Waals surface area contributed by atoms with E-state index in [4.69, 9.17) is 4.98 Å². The number of allylic oxidation sites excluding steroid dienone is 2. The Bertz CT molecular complexity index is 1310. The minimum absolute atomic E-state index is 0. The van der Waals surface area contributed by atoms with Crippen molar-refractivity contribution in [1.82, 2.24) is 4.98 Å². The van der Waals surface area contributed by atoms with Crippen molar-refractivity contribution in [3.05, 3.63) is 112 Å². The molecule has 1 radical (unpaired) electrons. The van der Waals surface area contributed by atoms with Crippen LogP contribution in [0.4, 0.5) is 17.1 Å². The Kier molecular flexibility index (Phi) is 6.89. The number of aryl methyl sites for hydroxylation is 4. The Balaban J connectivity index is 0.00000274. The van der Waals surface area contributed by atoms with Crippen LogP contribution in [0.3, 0.4) is 0 Å². The Hall–Kier alpha value is -3.00. The van der Waals surface area contributed by atoms with Crippen molar-refractivity contribution in [2.45, 2.75) is 41.0 Å². The van der Waals surface area contributed by atoms with Gasteiger partial charge in [-0.3, -0.25) is 0 Å². The van der Waals surface area contributed by atoms with Gasteiger partial charge in [0.2, 0.25) is 0 Å². The molecular weight excluding hydrogens is 593 g/mol. The Labute approximate surface area is 216 Å². The molecule has 0 amide bonds. The topological polar surface area (TPSA) is 16.1 Å². The van der Waals surface area contributed by atoms with Crippen LogP contribution in [0.15, 0.2) is 72.9 Å². The number of nitrogens with zero attached hydrogens (tertiary/aromatic N) is 2. The zero-order chi connectivity index (χ0) is 23.1. The van der Waals surface area contributed by atoms with Gasteiger partial charge >= 0.3 is 0 Å². The van der Waals surface area contributed by atoms with E-state index in [9.17, 15) is 0 Å². The van der Waals surface area contributed by atoms with E-state index in [0.717, 1.165) is 23.4 Å². The molecule has 0 saturated heterocycles. The molecule has 3 aromatic carbocycles. The van der Waals surface area contributed by atoms with Crippen LogP contribution in [0, 0.1) is 33.8 Å². The van der Waals surface area contributed by atoms with Crippen molar-refractivity contribution in [1.29, 1.82) is 0 Å². The van der Waals surface area contributed by atoms with Crippen LogP contribution >= 0.6 is 0 Å². The van der Waals surface area contributed by atoms with E-state index in [0.29, 0.717) is 0 Å². The molecule has 0 unspecified atom stereocenters. The average molecular weight is 622 g/mol. The van der Waals surface area contributed by atoms with E-state index in [1.54, 1.807) is 0 Å². The molecule has 0 saturated carbocycles. The van der Waals surface area contributed by atoms with Gasteiger partial charge in [0.05, 0.1) is 11.4 Å². The molecule has 0 bridgehead atoms. The zero-order valence-corrected chi connectivity index (χ0v) is 22.8.